The smallest absolute Gasteiger partial charge is 0.0876 e. The molecule has 1 saturated heterocycles. The minimum Gasteiger partial charge on any atom is -0.383 e. The van der Waals surface area contributed by atoms with Crippen molar-refractivity contribution in [1.82, 2.24) is 9.78 Å². The van der Waals surface area contributed by atoms with Crippen molar-refractivity contribution in [1.29, 1.82) is 0 Å². The van der Waals surface area contributed by atoms with Gasteiger partial charge in [-0.05, 0) is 24.6 Å². The summed E-state index contributed by atoms with van der Waals surface area (Å²) < 4.78 is 7.27. The minimum absolute atomic E-state index is 0.621. The second-order valence-electron chi connectivity index (χ2n) is 4.58. The van der Waals surface area contributed by atoms with Crippen molar-refractivity contribution in [2.24, 2.45) is 5.92 Å². The molecule has 0 amide bonds. The van der Waals surface area contributed by atoms with E-state index >= 15 is 0 Å². The number of benzene rings is 1. The molecule has 1 atom stereocenters. The number of aromatic nitrogens is 2. The lowest BCUT2D eigenvalue weighted by Crippen LogP contribution is -2.15. The quantitative estimate of drug-likeness (QED) is 0.895. The third kappa shape index (κ3) is 2.38. The van der Waals surface area contributed by atoms with E-state index < -0.39 is 0 Å². The van der Waals surface area contributed by atoms with Crippen LogP contribution in [0.5, 0.6) is 0 Å². The molecule has 1 aliphatic heterocycles. The Kier molecular flexibility index (Phi) is 3.28. The van der Waals surface area contributed by atoms with Crippen molar-refractivity contribution < 1.29 is 4.74 Å². The lowest BCUT2D eigenvalue weighted by Gasteiger charge is -2.14. The molecule has 4 nitrogen and oxygen atoms in total. The zero-order chi connectivity index (χ0) is 12.2. The summed E-state index contributed by atoms with van der Waals surface area (Å²) in [6, 6.07) is 10.2. The molecule has 3 rings (SSSR count). The maximum absolute atomic E-state index is 5.39. The predicted molar refractivity (Wildman–Crippen MR) is 71.0 cm³/mol. The fourth-order valence-electron chi connectivity index (χ4n) is 2.23. The third-order valence-corrected chi connectivity index (χ3v) is 3.26. The molecule has 1 aromatic heterocycles. The molecule has 1 fully saturated rings. The first-order chi connectivity index (χ1) is 8.93. The zero-order valence-electron chi connectivity index (χ0n) is 10.2. The number of nitrogens with zero attached hydrogens (tertiary/aromatic N) is 2. The molecular weight excluding hydrogens is 226 g/mol. The van der Waals surface area contributed by atoms with E-state index in [2.05, 4.69) is 22.5 Å². The summed E-state index contributed by atoms with van der Waals surface area (Å²) in [6.07, 6.45) is 4.90. The van der Waals surface area contributed by atoms with Gasteiger partial charge in [-0.2, -0.15) is 5.10 Å². The molecule has 0 aliphatic carbocycles. The SMILES string of the molecule is c1ccc(-n2cccn2)c(NCC2CCOC2)c1. The molecule has 1 aliphatic rings. The van der Waals surface area contributed by atoms with Crippen LogP contribution in [0, 0.1) is 5.92 Å². The Bertz CT molecular complexity index is 490. The van der Waals surface area contributed by atoms with E-state index in [0.29, 0.717) is 5.92 Å². The van der Waals surface area contributed by atoms with E-state index in [9.17, 15) is 0 Å². The molecule has 1 aromatic carbocycles. The summed E-state index contributed by atoms with van der Waals surface area (Å²) in [5, 5.41) is 7.78. The average Bonchev–Trinajstić information content (AvgIpc) is 3.10. The molecule has 2 heterocycles. The lowest BCUT2D eigenvalue weighted by molar-refractivity contribution is 0.187. The van der Waals surface area contributed by atoms with Gasteiger partial charge in [0.1, 0.15) is 0 Å². The van der Waals surface area contributed by atoms with E-state index in [0.717, 1.165) is 37.6 Å². The molecule has 0 saturated carbocycles. The van der Waals surface area contributed by atoms with Gasteiger partial charge in [-0.3, -0.25) is 0 Å². The Hall–Kier alpha value is -1.81. The predicted octanol–water partition coefficient (Wildman–Crippen LogP) is 2.32. The Morgan fingerprint density at radius 2 is 2.28 bits per heavy atom. The van der Waals surface area contributed by atoms with Crippen LogP contribution in [-0.2, 0) is 4.74 Å². The average molecular weight is 243 g/mol. The molecule has 0 spiro atoms. The van der Waals surface area contributed by atoms with Crippen LogP contribution in [0.15, 0.2) is 42.7 Å². The first-order valence-corrected chi connectivity index (χ1v) is 6.34. The highest BCUT2D eigenvalue weighted by molar-refractivity contribution is 5.60. The second-order valence-corrected chi connectivity index (χ2v) is 4.58. The molecule has 1 N–H and O–H groups in total. The van der Waals surface area contributed by atoms with E-state index in [-0.39, 0.29) is 0 Å². The number of nitrogens with one attached hydrogen (secondary N) is 1. The standard InChI is InChI=1S/C14H17N3O/c1-2-5-14(17-8-3-7-16-17)13(4-1)15-10-12-6-9-18-11-12/h1-5,7-8,12,15H,6,9-11H2. The van der Waals surface area contributed by atoms with Crippen molar-refractivity contribution in [3.05, 3.63) is 42.7 Å². The summed E-state index contributed by atoms with van der Waals surface area (Å²) in [5.74, 6) is 0.621. The summed E-state index contributed by atoms with van der Waals surface area (Å²) >= 11 is 0. The van der Waals surface area contributed by atoms with Gasteiger partial charge in [-0.15, -0.1) is 0 Å². The lowest BCUT2D eigenvalue weighted by atomic mass is 10.1. The topological polar surface area (TPSA) is 39.1 Å². The van der Waals surface area contributed by atoms with Crippen LogP contribution in [0.25, 0.3) is 5.69 Å². The largest absolute Gasteiger partial charge is 0.383 e. The Balaban J connectivity index is 1.75. The summed E-state index contributed by atoms with van der Waals surface area (Å²) in [7, 11) is 0. The number of ether oxygens (including phenoxy) is 1. The first-order valence-electron chi connectivity index (χ1n) is 6.34. The molecule has 2 aromatic rings. The van der Waals surface area contributed by atoms with Crippen molar-refractivity contribution in [2.75, 3.05) is 25.1 Å². The summed E-state index contributed by atoms with van der Waals surface area (Å²) in [5.41, 5.74) is 2.20. The highest BCUT2D eigenvalue weighted by Gasteiger charge is 2.15. The third-order valence-electron chi connectivity index (χ3n) is 3.26. The van der Waals surface area contributed by atoms with Gasteiger partial charge in [0.05, 0.1) is 18.0 Å². The number of rotatable bonds is 4. The Morgan fingerprint density at radius 1 is 1.33 bits per heavy atom. The van der Waals surface area contributed by atoms with Crippen LogP contribution in [0.1, 0.15) is 6.42 Å². The van der Waals surface area contributed by atoms with Gasteiger partial charge < -0.3 is 10.1 Å². The fraction of sp³-hybridized carbons (Fsp3) is 0.357. The van der Waals surface area contributed by atoms with Crippen LogP contribution in [0.3, 0.4) is 0 Å². The molecule has 4 heteroatoms. The number of hydrogen-bond acceptors (Lipinski definition) is 3. The van der Waals surface area contributed by atoms with E-state index in [4.69, 9.17) is 4.74 Å². The maximum Gasteiger partial charge on any atom is 0.0876 e. The van der Waals surface area contributed by atoms with Crippen LogP contribution in [-0.4, -0.2) is 29.5 Å². The van der Waals surface area contributed by atoms with E-state index in [1.807, 2.05) is 29.1 Å². The van der Waals surface area contributed by atoms with Crippen molar-refractivity contribution >= 4 is 5.69 Å². The number of hydrogen-bond donors (Lipinski definition) is 1. The van der Waals surface area contributed by atoms with Crippen LogP contribution >= 0.6 is 0 Å². The molecular formula is C14H17N3O. The number of anilines is 1. The van der Waals surface area contributed by atoms with Gasteiger partial charge in [-0.25, -0.2) is 4.68 Å². The Labute approximate surface area is 107 Å². The summed E-state index contributed by atoms with van der Waals surface area (Å²) in [6.45, 7) is 2.72. The second kappa shape index (κ2) is 5.23. The van der Waals surface area contributed by atoms with Gasteiger partial charge in [0.25, 0.3) is 0 Å². The molecule has 0 bridgehead atoms. The van der Waals surface area contributed by atoms with Crippen LogP contribution in [0.4, 0.5) is 5.69 Å². The molecule has 94 valence electrons. The van der Waals surface area contributed by atoms with E-state index in [1.165, 1.54) is 0 Å². The van der Waals surface area contributed by atoms with E-state index in [1.54, 1.807) is 6.20 Å². The van der Waals surface area contributed by atoms with Crippen LogP contribution < -0.4 is 5.32 Å². The van der Waals surface area contributed by atoms with Crippen molar-refractivity contribution in [3.8, 4) is 5.69 Å². The Morgan fingerprint density at radius 3 is 3.06 bits per heavy atom. The fourth-order valence-corrected chi connectivity index (χ4v) is 2.23. The molecule has 1 unspecified atom stereocenters. The zero-order valence-corrected chi connectivity index (χ0v) is 10.2. The number of para-hydroxylation sites is 2. The van der Waals surface area contributed by atoms with Crippen LogP contribution in [0.2, 0.25) is 0 Å². The maximum atomic E-state index is 5.39. The summed E-state index contributed by atoms with van der Waals surface area (Å²) in [4.78, 5) is 0. The minimum atomic E-state index is 0.621. The van der Waals surface area contributed by atoms with Crippen molar-refractivity contribution in [3.63, 3.8) is 0 Å². The van der Waals surface area contributed by atoms with Gasteiger partial charge in [-0.1, -0.05) is 12.1 Å². The first kappa shape index (κ1) is 11.3. The highest BCUT2D eigenvalue weighted by atomic mass is 16.5. The monoisotopic (exact) mass is 243 g/mol. The van der Waals surface area contributed by atoms with Gasteiger partial charge >= 0.3 is 0 Å². The van der Waals surface area contributed by atoms with Crippen molar-refractivity contribution in [2.45, 2.75) is 6.42 Å². The van der Waals surface area contributed by atoms with Gasteiger partial charge in [0.15, 0.2) is 0 Å². The molecule has 0 radical (unpaired) electrons. The normalized spacial score (nSPS) is 19.0. The highest BCUT2D eigenvalue weighted by Crippen LogP contribution is 2.20. The molecule has 18 heavy (non-hydrogen) atoms. The van der Waals surface area contributed by atoms with Gasteiger partial charge in [0.2, 0.25) is 0 Å². The van der Waals surface area contributed by atoms with Gasteiger partial charge in [0, 0.05) is 31.5 Å².